The third kappa shape index (κ3) is 3.64. The zero-order valence-electron chi connectivity index (χ0n) is 14.2. The molecule has 0 bridgehead atoms. The molecule has 0 unspecified atom stereocenters. The summed E-state index contributed by atoms with van der Waals surface area (Å²) in [7, 11) is 0. The van der Waals surface area contributed by atoms with Crippen molar-refractivity contribution in [2.45, 2.75) is 25.6 Å². The maximum absolute atomic E-state index is 9.88. The van der Waals surface area contributed by atoms with Crippen LogP contribution in [-0.4, -0.2) is 34.1 Å². The summed E-state index contributed by atoms with van der Waals surface area (Å²) in [6, 6.07) is 16.1. The minimum absolute atomic E-state index is 0. The molecule has 0 saturated heterocycles. The molecule has 3 aromatic carbocycles. The van der Waals surface area contributed by atoms with Crippen LogP contribution < -0.4 is 5.32 Å². The molecule has 4 nitrogen and oxygen atoms in total. The Kier molecular flexibility index (Phi) is 6.38. The molecule has 0 atom stereocenters. The van der Waals surface area contributed by atoms with E-state index in [1.54, 1.807) is 6.92 Å². The summed E-state index contributed by atoms with van der Waals surface area (Å²) in [5.74, 6) is 0. The molecular formula is C20H24ClNO3. The summed E-state index contributed by atoms with van der Waals surface area (Å²) in [5.41, 5.74) is 1.29. The van der Waals surface area contributed by atoms with Crippen molar-refractivity contribution < 1.29 is 15.3 Å². The van der Waals surface area contributed by atoms with E-state index in [0.717, 1.165) is 32.7 Å². The number of halogens is 1. The van der Waals surface area contributed by atoms with Crippen LogP contribution >= 0.6 is 12.4 Å². The third-order valence-corrected chi connectivity index (χ3v) is 4.70. The van der Waals surface area contributed by atoms with Gasteiger partial charge in [0.25, 0.3) is 0 Å². The highest BCUT2D eigenvalue weighted by Crippen LogP contribution is 2.33. The second-order valence-corrected chi connectivity index (χ2v) is 6.44. The molecule has 0 heterocycles. The average molecular weight is 362 g/mol. The smallest absolute Gasteiger partial charge is 0.0693 e. The molecule has 0 radical (unpaired) electrons. The SMILES string of the molecule is CC(CO)(CO)NCc1c2ccccc2c(CO)c2ccccc12.Cl. The number of hydrogen-bond donors (Lipinski definition) is 4. The van der Waals surface area contributed by atoms with Crippen molar-refractivity contribution >= 4 is 34.0 Å². The maximum Gasteiger partial charge on any atom is 0.0693 e. The Morgan fingerprint density at radius 3 is 1.52 bits per heavy atom. The van der Waals surface area contributed by atoms with E-state index in [0.29, 0.717) is 6.54 Å². The first-order chi connectivity index (χ1) is 11.6. The molecule has 0 aliphatic rings. The van der Waals surface area contributed by atoms with Crippen molar-refractivity contribution in [1.29, 1.82) is 0 Å². The lowest BCUT2D eigenvalue weighted by Crippen LogP contribution is -2.48. The highest BCUT2D eigenvalue weighted by molar-refractivity contribution is 6.05. The lowest BCUT2D eigenvalue weighted by atomic mass is 9.91. The summed E-state index contributed by atoms with van der Waals surface area (Å²) < 4.78 is 0. The van der Waals surface area contributed by atoms with Gasteiger partial charge in [0.05, 0.1) is 25.4 Å². The molecule has 0 fully saturated rings. The molecule has 0 aromatic heterocycles. The van der Waals surface area contributed by atoms with E-state index in [2.05, 4.69) is 5.32 Å². The summed E-state index contributed by atoms with van der Waals surface area (Å²) in [5, 5.41) is 36.4. The first-order valence-corrected chi connectivity index (χ1v) is 8.12. The van der Waals surface area contributed by atoms with Crippen molar-refractivity contribution in [1.82, 2.24) is 5.32 Å². The van der Waals surface area contributed by atoms with Crippen molar-refractivity contribution in [2.24, 2.45) is 0 Å². The van der Waals surface area contributed by atoms with Crippen LogP contribution in [0.2, 0.25) is 0 Å². The summed E-state index contributed by atoms with van der Waals surface area (Å²) in [4.78, 5) is 0. The molecule has 134 valence electrons. The monoisotopic (exact) mass is 361 g/mol. The molecule has 5 heteroatoms. The fourth-order valence-corrected chi connectivity index (χ4v) is 3.13. The maximum atomic E-state index is 9.88. The average Bonchev–Trinajstić information content (AvgIpc) is 2.64. The standard InChI is InChI=1S/C20H23NO3.ClH/c1-20(12-23,13-24)21-10-18-14-6-2-4-8-16(14)19(11-22)17-9-5-3-7-15(17)18;/h2-9,21-24H,10-13H2,1H3;1H. The fraction of sp³-hybridized carbons (Fsp3) is 0.300. The van der Waals surface area contributed by atoms with Gasteiger partial charge in [-0.25, -0.2) is 0 Å². The van der Waals surface area contributed by atoms with Gasteiger partial charge in [-0.05, 0) is 39.6 Å². The van der Waals surface area contributed by atoms with E-state index < -0.39 is 5.54 Å². The quantitative estimate of drug-likeness (QED) is 0.509. The Bertz CT molecular complexity index is 805. The number of aliphatic hydroxyl groups is 3. The normalized spacial score (nSPS) is 11.7. The van der Waals surface area contributed by atoms with Crippen LogP contribution in [0.5, 0.6) is 0 Å². The lowest BCUT2D eigenvalue weighted by molar-refractivity contribution is 0.103. The number of rotatable bonds is 6. The van der Waals surface area contributed by atoms with Crippen LogP contribution in [-0.2, 0) is 13.2 Å². The zero-order chi connectivity index (χ0) is 17.2. The molecule has 4 N–H and O–H groups in total. The van der Waals surface area contributed by atoms with E-state index in [-0.39, 0.29) is 32.2 Å². The number of benzene rings is 3. The minimum Gasteiger partial charge on any atom is -0.394 e. The Labute approximate surface area is 153 Å². The fourth-order valence-electron chi connectivity index (χ4n) is 3.13. The molecule has 3 aromatic rings. The molecule has 0 amide bonds. The first kappa shape index (κ1) is 19.6. The predicted molar refractivity (Wildman–Crippen MR) is 104 cm³/mol. The van der Waals surface area contributed by atoms with Gasteiger partial charge in [0.2, 0.25) is 0 Å². The predicted octanol–water partition coefficient (Wildman–Crippen LogP) is 2.74. The van der Waals surface area contributed by atoms with Gasteiger partial charge in [-0.2, -0.15) is 0 Å². The largest absolute Gasteiger partial charge is 0.394 e. The third-order valence-electron chi connectivity index (χ3n) is 4.70. The van der Waals surface area contributed by atoms with Gasteiger partial charge in [0.1, 0.15) is 0 Å². The lowest BCUT2D eigenvalue weighted by Gasteiger charge is -2.27. The second-order valence-electron chi connectivity index (χ2n) is 6.44. The van der Waals surface area contributed by atoms with E-state index in [1.165, 1.54) is 0 Å². The van der Waals surface area contributed by atoms with Gasteiger partial charge in [-0.15, -0.1) is 12.4 Å². The Morgan fingerprint density at radius 1 is 0.760 bits per heavy atom. The van der Waals surface area contributed by atoms with E-state index in [4.69, 9.17) is 0 Å². The number of fused-ring (bicyclic) bond motifs is 2. The zero-order valence-corrected chi connectivity index (χ0v) is 15.0. The van der Waals surface area contributed by atoms with E-state index in [1.807, 2.05) is 48.5 Å². The number of aliphatic hydroxyl groups excluding tert-OH is 3. The summed E-state index contributed by atoms with van der Waals surface area (Å²) in [6.07, 6.45) is 0. The van der Waals surface area contributed by atoms with Crippen LogP contribution in [0.3, 0.4) is 0 Å². The van der Waals surface area contributed by atoms with Crippen molar-refractivity contribution in [3.05, 3.63) is 59.7 Å². The second kappa shape index (κ2) is 8.13. The van der Waals surface area contributed by atoms with Gasteiger partial charge in [-0.1, -0.05) is 48.5 Å². The van der Waals surface area contributed by atoms with Crippen LogP contribution in [0.15, 0.2) is 48.5 Å². The van der Waals surface area contributed by atoms with Crippen molar-refractivity contribution in [3.63, 3.8) is 0 Å². The van der Waals surface area contributed by atoms with Crippen molar-refractivity contribution in [2.75, 3.05) is 13.2 Å². The van der Waals surface area contributed by atoms with Crippen LogP contribution in [0.1, 0.15) is 18.1 Å². The molecule has 0 saturated carbocycles. The molecule has 0 spiro atoms. The number of hydrogen-bond acceptors (Lipinski definition) is 4. The Balaban J connectivity index is 0.00000225. The molecular weight excluding hydrogens is 338 g/mol. The minimum atomic E-state index is -0.738. The van der Waals surface area contributed by atoms with Crippen molar-refractivity contribution in [3.8, 4) is 0 Å². The van der Waals surface area contributed by atoms with Gasteiger partial charge < -0.3 is 20.6 Å². The van der Waals surface area contributed by atoms with Crippen LogP contribution in [0.25, 0.3) is 21.5 Å². The topological polar surface area (TPSA) is 72.7 Å². The van der Waals surface area contributed by atoms with Crippen LogP contribution in [0.4, 0.5) is 0 Å². The van der Waals surface area contributed by atoms with Crippen LogP contribution in [0, 0.1) is 0 Å². The highest BCUT2D eigenvalue weighted by atomic mass is 35.5. The number of nitrogens with one attached hydrogen (secondary N) is 1. The molecule has 0 aliphatic carbocycles. The Morgan fingerprint density at radius 2 is 1.16 bits per heavy atom. The van der Waals surface area contributed by atoms with E-state index >= 15 is 0 Å². The van der Waals surface area contributed by atoms with Gasteiger partial charge >= 0.3 is 0 Å². The van der Waals surface area contributed by atoms with Gasteiger partial charge in [-0.3, -0.25) is 0 Å². The molecule has 25 heavy (non-hydrogen) atoms. The molecule has 0 aliphatic heterocycles. The highest BCUT2D eigenvalue weighted by Gasteiger charge is 2.22. The summed E-state index contributed by atoms with van der Waals surface area (Å²) in [6.45, 7) is 2.01. The van der Waals surface area contributed by atoms with E-state index in [9.17, 15) is 15.3 Å². The summed E-state index contributed by atoms with van der Waals surface area (Å²) >= 11 is 0. The molecule has 3 rings (SSSR count). The van der Waals surface area contributed by atoms with Gasteiger partial charge in [0.15, 0.2) is 0 Å². The van der Waals surface area contributed by atoms with Gasteiger partial charge in [0, 0.05) is 6.54 Å². The Hall–Kier alpha value is -1.69. The first-order valence-electron chi connectivity index (χ1n) is 8.12.